The quantitative estimate of drug-likeness (QED) is 0.252. The molecule has 4 aliphatic rings. The third-order valence-electron chi connectivity index (χ3n) is 8.46. The second-order valence-corrected chi connectivity index (χ2v) is 17.7. The van der Waals surface area contributed by atoms with Gasteiger partial charge >= 0.3 is 0 Å². The average molecular weight is 801 g/mol. The van der Waals surface area contributed by atoms with E-state index in [4.69, 9.17) is 162 Å². The van der Waals surface area contributed by atoms with Gasteiger partial charge in [-0.1, -0.05) is 117 Å². The normalized spacial score (nSPS) is 44.6. The first kappa shape index (κ1) is 32.2. The lowest BCUT2D eigenvalue weighted by Crippen LogP contribution is -2.44. The van der Waals surface area contributed by atoms with Gasteiger partial charge in [-0.3, -0.25) is 0 Å². The number of hydrogen-bond acceptors (Lipinski definition) is 0. The second kappa shape index (κ2) is 10.1. The highest BCUT2D eigenvalue weighted by atomic mass is 35.5. The lowest BCUT2D eigenvalue weighted by Gasteiger charge is -2.34. The predicted molar refractivity (Wildman–Crippen MR) is 170 cm³/mol. The molecule has 14 heteroatoms. The van der Waals surface area contributed by atoms with Crippen LogP contribution in [-0.2, 0) is 12.8 Å². The summed E-state index contributed by atoms with van der Waals surface area (Å²) in [6.45, 7) is 0. The maximum absolute atomic E-state index is 6.93. The summed E-state index contributed by atoms with van der Waals surface area (Å²) < 4.78 is -3.35. The van der Waals surface area contributed by atoms with Crippen LogP contribution in [0.5, 0.6) is 0 Å². The Morgan fingerprint density at radius 2 is 0.842 bits per heavy atom. The molecule has 0 aliphatic heterocycles. The van der Waals surface area contributed by atoms with Crippen LogP contribution in [0.15, 0.2) is 44.4 Å². The summed E-state index contributed by atoms with van der Waals surface area (Å²) in [5.74, 6) is -0.864. The summed E-state index contributed by atoms with van der Waals surface area (Å²) in [4.78, 5) is -5.79. The van der Waals surface area contributed by atoms with Crippen molar-refractivity contribution in [3.63, 3.8) is 0 Å². The van der Waals surface area contributed by atoms with Gasteiger partial charge in [0.15, 0.2) is 8.67 Å². The number of aryl methyl sites for hydroxylation is 2. The van der Waals surface area contributed by atoms with Crippen molar-refractivity contribution in [2.45, 2.75) is 64.6 Å². The number of benzene rings is 1. The summed E-state index contributed by atoms with van der Waals surface area (Å²) in [5.41, 5.74) is 2.07. The fraction of sp³-hybridized carbons (Fsp3) is 0.583. The van der Waals surface area contributed by atoms with E-state index in [2.05, 4.69) is 6.07 Å². The molecule has 0 aromatic heterocycles. The number of halogens is 14. The van der Waals surface area contributed by atoms with Gasteiger partial charge in [0.2, 0.25) is 0 Å². The van der Waals surface area contributed by atoms with Gasteiger partial charge in [-0.25, -0.2) is 0 Å². The van der Waals surface area contributed by atoms with Crippen LogP contribution in [0.1, 0.15) is 24.0 Å². The lowest BCUT2D eigenvalue weighted by molar-refractivity contribution is 0.434. The van der Waals surface area contributed by atoms with Crippen molar-refractivity contribution in [3.05, 3.63) is 55.5 Å². The molecule has 0 saturated heterocycles. The van der Waals surface area contributed by atoms with Crippen LogP contribution in [0.25, 0.3) is 0 Å². The summed E-state index contributed by atoms with van der Waals surface area (Å²) in [6, 6.07) is 8.02. The van der Waals surface area contributed by atoms with Crippen LogP contribution in [0.3, 0.4) is 0 Å². The topological polar surface area (TPSA) is 0 Å². The zero-order valence-electron chi connectivity index (χ0n) is 18.7. The first-order valence-corrected chi connectivity index (χ1v) is 16.8. The van der Waals surface area contributed by atoms with E-state index in [9.17, 15) is 0 Å². The van der Waals surface area contributed by atoms with E-state index in [-0.39, 0.29) is 20.1 Å². The smallest absolute Gasteiger partial charge is 0.120 e. The number of rotatable bonds is 6. The number of fused-ring (bicyclic) bond motifs is 4. The maximum atomic E-state index is 6.93. The fourth-order valence-corrected chi connectivity index (χ4v) is 13.9. The Kier molecular flexibility index (Phi) is 8.58. The van der Waals surface area contributed by atoms with Gasteiger partial charge in [0.1, 0.15) is 19.5 Å². The van der Waals surface area contributed by atoms with E-state index in [1.54, 1.807) is 0 Å². The Morgan fingerprint density at radius 1 is 0.526 bits per heavy atom. The van der Waals surface area contributed by atoms with E-state index < -0.39 is 50.8 Å². The van der Waals surface area contributed by atoms with Gasteiger partial charge in [0.05, 0.1) is 30.9 Å². The molecule has 2 saturated carbocycles. The highest BCUT2D eigenvalue weighted by molar-refractivity contribution is 6.68. The number of hydrogen-bond donors (Lipinski definition) is 0. The van der Waals surface area contributed by atoms with Gasteiger partial charge in [-0.05, 0) is 36.8 Å². The van der Waals surface area contributed by atoms with E-state index in [1.165, 1.54) is 0 Å². The summed E-state index contributed by atoms with van der Waals surface area (Å²) in [5, 5.41) is -1.02. The average Bonchev–Trinajstić information content (AvgIpc) is 3.16. The van der Waals surface area contributed by atoms with Gasteiger partial charge < -0.3 is 0 Å². The highest BCUT2D eigenvalue weighted by Crippen LogP contribution is 2.77. The third kappa shape index (κ3) is 3.67. The second-order valence-electron chi connectivity index (χ2n) is 10.2. The molecule has 5 rings (SSSR count). The Hall–Kier alpha value is 2.76. The van der Waals surface area contributed by atoms with Crippen molar-refractivity contribution in [1.29, 1.82) is 0 Å². The molecular weight excluding hydrogens is 785 g/mol. The van der Waals surface area contributed by atoms with Crippen molar-refractivity contribution < 1.29 is 0 Å². The molecule has 2 fully saturated rings. The van der Waals surface area contributed by atoms with Crippen LogP contribution >= 0.6 is 162 Å². The van der Waals surface area contributed by atoms with Crippen molar-refractivity contribution in [2.75, 3.05) is 0 Å². The summed E-state index contributed by atoms with van der Waals surface area (Å²) in [7, 11) is 0. The highest BCUT2D eigenvalue weighted by Gasteiger charge is 2.83. The van der Waals surface area contributed by atoms with Crippen LogP contribution in [0.2, 0.25) is 0 Å². The molecule has 8 atom stereocenters. The molecule has 1 aromatic carbocycles. The Balaban J connectivity index is 1.31. The molecule has 1 aromatic rings. The lowest BCUT2D eigenvalue weighted by atomic mass is 9.85. The molecule has 38 heavy (non-hydrogen) atoms. The third-order valence-corrected chi connectivity index (χ3v) is 18.6. The SMILES string of the molecule is ClC1=C(Cl)C2(Cl)C(CCc3cccc(CCC4C(Cl)C5(Cl)C(Cl)=C(Cl)C4(Cl)C5(Cl)Cl)c3)C(Cl)C1(Cl)C2(Cl)Cl. The molecule has 0 N–H and O–H groups in total. The van der Waals surface area contributed by atoms with Crippen LogP contribution < -0.4 is 0 Å². The summed E-state index contributed by atoms with van der Waals surface area (Å²) in [6.07, 6.45) is 2.25. The molecule has 0 amide bonds. The van der Waals surface area contributed by atoms with Crippen LogP contribution in [0.4, 0.5) is 0 Å². The molecule has 210 valence electrons. The van der Waals surface area contributed by atoms with Crippen molar-refractivity contribution >= 4 is 162 Å². The minimum absolute atomic E-state index is 0.0854. The van der Waals surface area contributed by atoms with E-state index >= 15 is 0 Å². The molecule has 0 nitrogen and oxygen atoms in total. The van der Waals surface area contributed by atoms with Crippen molar-refractivity contribution in [3.8, 4) is 0 Å². The Labute approximate surface area is 291 Å². The van der Waals surface area contributed by atoms with Crippen LogP contribution in [-0.4, -0.2) is 38.9 Å². The van der Waals surface area contributed by atoms with Gasteiger partial charge in [-0.15, -0.1) is 69.6 Å². The molecular formula is C24H16Cl14. The maximum Gasteiger partial charge on any atom is 0.168 e. The molecule has 0 radical (unpaired) electrons. The molecule has 8 unspecified atom stereocenters. The van der Waals surface area contributed by atoms with E-state index in [0.29, 0.717) is 25.7 Å². The van der Waals surface area contributed by atoms with Crippen LogP contribution in [0, 0.1) is 11.8 Å². The van der Waals surface area contributed by atoms with E-state index in [1.807, 2.05) is 18.2 Å². The van der Waals surface area contributed by atoms with Crippen molar-refractivity contribution in [2.24, 2.45) is 11.8 Å². The fourth-order valence-electron chi connectivity index (χ4n) is 6.33. The Morgan fingerprint density at radius 3 is 1.16 bits per heavy atom. The molecule has 4 aliphatic carbocycles. The number of allylic oxidation sites excluding steroid dienone is 4. The molecule has 0 spiro atoms. The first-order valence-electron chi connectivity index (χ1n) is 11.4. The molecule has 4 bridgehead atoms. The minimum atomic E-state index is -1.68. The van der Waals surface area contributed by atoms with Gasteiger partial charge in [0, 0.05) is 11.8 Å². The zero-order chi connectivity index (χ0) is 28.4. The predicted octanol–water partition coefficient (Wildman–Crippen LogP) is 11.7. The molecule has 0 heterocycles. The minimum Gasteiger partial charge on any atom is -0.120 e. The summed E-state index contributed by atoms with van der Waals surface area (Å²) >= 11 is 93.1. The zero-order valence-corrected chi connectivity index (χ0v) is 29.3. The van der Waals surface area contributed by atoms with E-state index in [0.717, 1.165) is 11.1 Å². The van der Waals surface area contributed by atoms with Gasteiger partial charge in [-0.2, -0.15) is 0 Å². The standard InChI is InChI=1S/C24H16Cl14/c25-13-11(19(31)15(27)17(29)21(13,33)23(19,35)36)6-4-9-2-1-3-10(8-9)5-7-12-14(26)22(34)18(30)16(28)20(12,32)24(22,37)38/h1-3,8,11-14H,4-7H2. The first-order chi connectivity index (χ1) is 17.4. The van der Waals surface area contributed by atoms with Gasteiger partial charge in [0.25, 0.3) is 0 Å². The monoisotopic (exact) mass is 794 g/mol. The van der Waals surface area contributed by atoms with Crippen molar-refractivity contribution in [1.82, 2.24) is 0 Å². The Bertz CT molecular complexity index is 1170. The largest absolute Gasteiger partial charge is 0.168 e. The number of alkyl halides is 10.